The van der Waals surface area contributed by atoms with Gasteiger partial charge in [0.25, 0.3) is 5.69 Å². The summed E-state index contributed by atoms with van der Waals surface area (Å²) in [6.07, 6.45) is 0. The Morgan fingerprint density at radius 2 is 2.29 bits per heavy atom. The first-order valence-electron chi connectivity index (χ1n) is 3.56. The van der Waals surface area contributed by atoms with Gasteiger partial charge in [0.05, 0.1) is 4.92 Å². The molecule has 0 unspecified atom stereocenters. The number of nitrogens with zero attached hydrogens (tertiary/aromatic N) is 4. The highest BCUT2D eigenvalue weighted by Gasteiger charge is 2.13. The Balaban J connectivity index is 3.42. The molecule has 0 fully saturated rings. The van der Waals surface area contributed by atoms with Gasteiger partial charge in [-0.2, -0.15) is 0 Å². The van der Waals surface area contributed by atoms with Crippen LogP contribution in [0.5, 0.6) is 0 Å². The molecule has 0 N–H and O–H groups in total. The van der Waals surface area contributed by atoms with Crippen LogP contribution in [-0.4, -0.2) is 4.92 Å². The topological polar surface area (TPSA) is 91.9 Å². The summed E-state index contributed by atoms with van der Waals surface area (Å²) >= 11 is 3.15. The highest BCUT2D eigenvalue weighted by molar-refractivity contribution is 9.10. The molecule has 0 atom stereocenters. The van der Waals surface area contributed by atoms with Crippen LogP contribution in [0.15, 0.2) is 21.7 Å². The smallest absolute Gasteiger partial charge is 0.258 e. The van der Waals surface area contributed by atoms with Crippen LogP contribution in [0.2, 0.25) is 0 Å². The molecule has 0 heterocycles. The Kier molecular flexibility index (Phi) is 3.06. The fourth-order valence-corrected chi connectivity index (χ4v) is 1.39. The molecule has 6 nitrogen and oxygen atoms in total. The zero-order chi connectivity index (χ0) is 10.7. The minimum atomic E-state index is -0.517. The van der Waals surface area contributed by atoms with Crippen molar-refractivity contribution in [1.29, 1.82) is 0 Å². The summed E-state index contributed by atoms with van der Waals surface area (Å²) in [5.74, 6) is 0. The lowest BCUT2D eigenvalue weighted by Gasteiger charge is -2.00. The molecule has 0 bridgehead atoms. The molecule has 72 valence electrons. The van der Waals surface area contributed by atoms with E-state index >= 15 is 0 Å². The SMILES string of the molecule is Cc1c(Br)cc(N=[N+]=[N-])cc1[N+](=O)[O-]. The average molecular weight is 257 g/mol. The molecule has 0 aromatic heterocycles. The molecule has 0 aliphatic rings. The fraction of sp³-hybridized carbons (Fsp3) is 0.143. The van der Waals surface area contributed by atoms with E-state index in [1.54, 1.807) is 6.92 Å². The lowest BCUT2D eigenvalue weighted by Crippen LogP contribution is -1.91. The molecule has 1 aromatic carbocycles. The van der Waals surface area contributed by atoms with Crippen LogP contribution in [0, 0.1) is 17.0 Å². The van der Waals surface area contributed by atoms with Crippen molar-refractivity contribution in [2.24, 2.45) is 5.11 Å². The molecule has 7 heteroatoms. The number of rotatable bonds is 2. The van der Waals surface area contributed by atoms with Gasteiger partial charge in [-0.05, 0) is 18.5 Å². The predicted octanol–water partition coefficient (Wildman–Crippen LogP) is 3.61. The second-order valence-corrected chi connectivity index (χ2v) is 3.37. The maximum absolute atomic E-state index is 10.6. The van der Waals surface area contributed by atoms with Crippen molar-refractivity contribution in [2.75, 3.05) is 0 Å². The van der Waals surface area contributed by atoms with Gasteiger partial charge in [0.2, 0.25) is 0 Å². The van der Waals surface area contributed by atoms with Gasteiger partial charge in [-0.25, -0.2) is 0 Å². The highest BCUT2D eigenvalue weighted by atomic mass is 79.9. The van der Waals surface area contributed by atoms with E-state index in [0.717, 1.165) is 0 Å². The molecule has 0 saturated heterocycles. The van der Waals surface area contributed by atoms with Crippen molar-refractivity contribution in [3.05, 3.63) is 42.7 Å². The molecule has 0 amide bonds. The first-order valence-corrected chi connectivity index (χ1v) is 4.35. The first kappa shape index (κ1) is 10.5. The third-order valence-electron chi connectivity index (χ3n) is 1.66. The molecule has 14 heavy (non-hydrogen) atoms. The van der Waals surface area contributed by atoms with Crippen LogP contribution in [-0.2, 0) is 0 Å². The second kappa shape index (κ2) is 4.08. The Morgan fingerprint density at radius 3 is 2.79 bits per heavy atom. The van der Waals surface area contributed by atoms with Gasteiger partial charge in [0.1, 0.15) is 0 Å². The van der Waals surface area contributed by atoms with Gasteiger partial charge in [-0.15, -0.1) is 0 Å². The number of benzene rings is 1. The van der Waals surface area contributed by atoms with Gasteiger partial charge in [0.15, 0.2) is 0 Å². The Hall–Kier alpha value is -1.59. The van der Waals surface area contributed by atoms with E-state index in [2.05, 4.69) is 26.0 Å². The van der Waals surface area contributed by atoms with E-state index in [1.165, 1.54) is 12.1 Å². The third kappa shape index (κ3) is 2.01. The zero-order valence-corrected chi connectivity index (χ0v) is 8.72. The maximum Gasteiger partial charge on any atom is 0.273 e. The van der Waals surface area contributed by atoms with Gasteiger partial charge >= 0.3 is 0 Å². The lowest BCUT2D eigenvalue weighted by atomic mass is 10.2. The number of nitro benzene ring substituents is 1. The Morgan fingerprint density at radius 1 is 1.64 bits per heavy atom. The predicted molar refractivity (Wildman–Crippen MR) is 54.3 cm³/mol. The van der Waals surface area contributed by atoms with Gasteiger partial charge in [-0.3, -0.25) is 10.1 Å². The van der Waals surface area contributed by atoms with Gasteiger partial charge in [-0.1, -0.05) is 21.0 Å². The molecule has 0 aliphatic heterocycles. The number of hydrogen-bond donors (Lipinski definition) is 0. The summed E-state index contributed by atoms with van der Waals surface area (Å²) in [5, 5.41) is 13.9. The summed E-state index contributed by atoms with van der Waals surface area (Å²) in [6, 6.07) is 2.77. The summed E-state index contributed by atoms with van der Waals surface area (Å²) in [6.45, 7) is 1.61. The van der Waals surface area contributed by atoms with Crippen LogP contribution in [0.25, 0.3) is 10.4 Å². The monoisotopic (exact) mass is 256 g/mol. The van der Waals surface area contributed by atoms with E-state index in [4.69, 9.17) is 5.53 Å². The molecule has 1 rings (SSSR count). The van der Waals surface area contributed by atoms with Crippen molar-refractivity contribution in [3.63, 3.8) is 0 Å². The molecular weight excluding hydrogens is 252 g/mol. The molecule has 0 aliphatic carbocycles. The number of nitro groups is 1. The minimum Gasteiger partial charge on any atom is -0.258 e. The maximum atomic E-state index is 10.6. The standard InChI is InChI=1S/C7H5BrN4O2/c1-4-6(8)2-5(10-11-9)3-7(4)12(13)14/h2-3H,1H3. The zero-order valence-electron chi connectivity index (χ0n) is 7.14. The van der Waals surface area contributed by atoms with Crippen LogP contribution >= 0.6 is 15.9 Å². The Bertz CT molecular complexity index is 440. The Labute approximate surface area is 87.5 Å². The summed E-state index contributed by atoms with van der Waals surface area (Å²) in [5.41, 5.74) is 8.84. The van der Waals surface area contributed by atoms with E-state index in [1.807, 2.05) is 0 Å². The second-order valence-electron chi connectivity index (χ2n) is 2.52. The molecule has 0 spiro atoms. The van der Waals surface area contributed by atoms with Crippen LogP contribution in [0.3, 0.4) is 0 Å². The molecule has 0 saturated carbocycles. The molecule has 1 aromatic rings. The lowest BCUT2D eigenvalue weighted by molar-refractivity contribution is -0.385. The normalized spacial score (nSPS) is 9.29. The number of azide groups is 1. The minimum absolute atomic E-state index is 0.0678. The summed E-state index contributed by atoms with van der Waals surface area (Å²) < 4.78 is 0.550. The van der Waals surface area contributed by atoms with Crippen molar-refractivity contribution in [2.45, 2.75) is 6.92 Å². The fourth-order valence-electron chi connectivity index (χ4n) is 0.949. The molecule has 0 radical (unpaired) electrons. The van der Waals surface area contributed by atoms with Crippen molar-refractivity contribution in [3.8, 4) is 0 Å². The van der Waals surface area contributed by atoms with E-state index in [9.17, 15) is 10.1 Å². The van der Waals surface area contributed by atoms with E-state index in [0.29, 0.717) is 10.0 Å². The largest absolute Gasteiger partial charge is 0.273 e. The summed E-state index contributed by atoms with van der Waals surface area (Å²) in [7, 11) is 0. The third-order valence-corrected chi connectivity index (χ3v) is 2.48. The van der Waals surface area contributed by atoms with Gasteiger partial charge in [0, 0.05) is 26.7 Å². The van der Waals surface area contributed by atoms with Crippen LogP contribution in [0.4, 0.5) is 11.4 Å². The van der Waals surface area contributed by atoms with Crippen LogP contribution in [0.1, 0.15) is 5.56 Å². The van der Waals surface area contributed by atoms with Crippen molar-refractivity contribution < 1.29 is 4.92 Å². The van der Waals surface area contributed by atoms with E-state index < -0.39 is 4.92 Å². The van der Waals surface area contributed by atoms with Crippen molar-refractivity contribution in [1.82, 2.24) is 0 Å². The average Bonchev–Trinajstić information content (AvgIpc) is 2.11. The first-order chi connectivity index (χ1) is 6.56. The molecular formula is C7H5BrN4O2. The van der Waals surface area contributed by atoms with E-state index in [-0.39, 0.29) is 11.4 Å². The van der Waals surface area contributed by atoms with Crippen molar-refractivity contribution >= 4 is 27.3 Å². The number of halogens is 1. The van der Waals surface area contributed by atoms with Gasteiger partial charge < -0.3 is 0 Å². The highest BCUT2D eigenvalue weighted by Crippen LogP contribution is 2.31. The quantitative estimate of drug-likeness (QED) is 0.266. The summed E-state index contributed by atoms with van der Waals surface area (Å²) in [4.78, 5) is 12.6. The number of hydrogen-bond acceptors (Lipinski definition) is 3. The van der Waals surface area contributed by atoms with Crippen LogP contribution < -0.4 is 0 Å².